The Hall–Kier alpha value is -1.72. The maximum Gasteiger partial charge on any atom is 0.262 e. The number of hydrogen-bond acceptors (Lipinski definition) is 3. The maximum absolute atomic E-state index is 12.3. The van der Waals surface area contributed by atoms with E-state index in [4.69, 9.17) is 46.4 Å². The van der Waals surface area contributed by atoms with Crippen molar-refractivity contribution < 1.29 is 4.79 Å². The number of anilines is 1. The van der Waals surface area contributed by atoms with Gasteiger partial charge in [-0.25, -0.2) is 5.01 Å². The second-order valence-electron chi connectivity index (χ2n) is 5.85. The van der Waals surface area contributed by atoms with E-state index in [0.29, 0.717) is 15.1 Å². The van der Waals surface area contributed by atoms with Gasteiger partial charge in [0.05, 0.1) is 11.2 Å². The Bertz CT molecular complexity index is 1030. The average Bonchev–Trinajstić information content (AvgIpc) is 2.62. The molecule has 1 aliphatic rings. The number of aromatic nitrogens is 1. The molecule has 2 unspecified atom stereocenters. The quantitative estimate of drug-likeness (QED) is 0.430. The number of β-lactam (4-membered cyclic amide) rings is 1. The second kappa shape index (κ2) is 6.78. The fraction of sp³-hybridized carbons (Fsp3) is 0.111. The summed E-state index contributed by atoms with van der Waals surface area (Å²) in [5, 5.41) is 3.17. The van der Waals surface area contributed by atoms with Gasteiger partial charge in [0.25, 0.3) is 5.91 Å². The number of halogens is 4. The van der Waals surface area contributed by atoms with E-state index < -0.39 is 11.4 Å². The van der Waals surface area contributed by atoms with Gasteiger partial charge in [-0.3, -0.25) is 15.2 Å². The minimum atomic E-state index is -0.705. The molecule has 1 saturated heterocycles. The molecule has 0 radical (unpaired) electrons. The lowest BCUT2D eigenvalue weighted by atomic mass is 9.95. The zero-order valence-electron chi connectivity index (χ0n) is 13.1. The number of rotatable bonds is 3. The van der Waals surface area contributed by atoms with E-state index in [1.165, 1.54) is 5.01 Å². The van der Waals surface area contributed by atoms with Crippen molar-refractivity contribution in [2.24, 2.45) is 0 Å². The summed E-state index contributed by atoms with van der Waals surface area (Å²) in [7, 11) is 0. The van der Waals surface area contributed by atoms with Gasteiger partial charge in [-0.1, -0.05) is 40.9 Å². The van der Waals surface area contributed by atoms with Gasteiger partial charge in [-0.2, -0.15) is 0 Å². The molecule has 2 heterocycles. The Balaban J connectivity index is 1.70. The van der Waals surface area contributed by atoms with Gasteiger partial charge in [-0.15, -0.1) is 11.6 Å². The summed E-state index contributed by atoms with van der Waals surface area (Å²) in [5.74, 6) is -0.235. The number of hydrazine groups is 1. The number of alkyl halides is 1. The van der Waals surface area contributed by atoms with Crippen LogP contribution >= 0.6 is 46.4 Å². The molecular weight excluding hydrogens is 416 g/mol. The standard InChI is InChI=1S/C18H11Cl4N3O/c19-9-1-3-11(13(21)7-9)17-16(22)18(26)25(17)24-14-5-6-23-15-8-10(20)2-4-12(14)15/h1-8,16-17H,(H,23,24). The third-order valence-corrected chi connectivity index (χ3v) is 5.48. The van der Waals surface area contributed by atoms with E-state index in [0.717, 1.165) is 22.2 Å². The van der Waals surface area contributed by atoms with Crippen LogP contribution in [0.3, 0.4) is 0 Å². The van der Waals surface area contributed by atoms with Crippen LogP contribution in [0, 0.1) is 0 Å². The fourth-order valence-corrected chi connectivity index (χ4v) is 4.01. The Morgan fingerprint density at radius 3 is 2.50 bits per heavy atom. The first-order chi connectivity index (χ1) is 12.5. The van der Waals surface area contributed by atoms with Crippen molar-refractivity contribution in [2.45, 2.75) is 11.4 Å². The van der Waals surface area contributed by atoms with Crippen LogP contribution in [0.5, 0.6) is 0 Å². The number of carbonyl (C=O) groups excluding carboxylic acids is 1. The van der Waals surface area contributed by atoms with Crippen LogP contribution in [-0.4, -0.2) is 21.3 Å². The number of benzene rings is 2. The molecule has 1 N–H and O–H groups in total. The fourth-order valence-electron chi connectivity index (χ4n) is 2.96. The number of nitrogens with zero attached hydrogens (tertiary/aromatic N) is 2. The predicted octanol–water partition coefficient (Wildman–Crippen LogP) is 5.71. The summed E-state index contributed by atoms with van der Waals surface area (Å²) < 4.78 is 0. The van der Waals surface area contributed by atoms with Crippen molar-refractivity contribution in [3.63, 3.8) is 0 Å². The monoisotopic (exact) mass is 425 g/mol. The van der Waals surface area contributed by atoms with Gasteiger partial charge in [0.2, 0.25) is 0 Å². The smallest absolute Gasteiger partial charge is 0.262 e. The number of amides is 1. The highest BCUT2D eigenvalue weighted by atomic mass is 35.5. The molecule has 26 heavy (non-hydrogen) atoms. The van der Waals surface area contributed by atoms with E-state index >= 15 is 0 Å². The SMILES string of the molecule is O=C1C(Cl)C(c2ccc(Cl)cc2Cl)N1Nc1ccnc2cc(Cl)ccc12. The van der Waals surface area contributed by atoms with Crippen molar-refractivity contribution in [3.8, 4) is 0 Å². The lowest BCUT2D eigenvalue weighted by Gasteiger charge is -2.45. The van der Waals surface area contributed by atoms with Crippen LogP contribution in [0.15, 0.2) is 48.7 Å². The van der Waals surface area contributed by atoms with E-state index in [-0.39, 0.29) is 5.91 Å². The second-order valence-corrected chi connectivity index (χ2v) is 7.60. The first-order valence-corrected chi connectivity index (χ1v) is 9.26. The van der Waals surface area contributed by atoms with Crippen molar-refractivity contribution in [2.75, 3.05) is 5.43 Å². The molecule has 8 heteroatoms. The molecule has 1 amide bonds. The summed E-state index contributed by atoms with van der Waals surface area (Å²) in [6.45, 7) is 0. The lowest BCUT2D eigenvalue weighted by molar-refractivity contribution is -0.143. The molecule has 2 atom stereocenters. The molecule has 0 aliphatic carbocycles. The highest BCUT2D eigenvalue weighted by Gasteiger charge is 2.48. The number of nitrogens with one attached hydrogen (secondary N) is 1. The Morgan fingerprint density at radius 1 is 1.00 bits per heavy atom. The molecule has 4 rings (SSSR count). The molecule has 4 nitrogen and oxygen atoms in total. The number of pyridine rings is 1. The first-order valence-electron chi connectivity index (χ1n) is 7.69. The van der Waals surface area contributed by atoms with Crippen molar-refractivity contribution in [1.82, 2.24) is 9.99 Å². The summed E-state index contributed by atoms with van der Waals surface area (Å²) in [6.07, 6.45) is 1.65. The van der Waals surface area contributed by atoms with Gasteiger partial charge >= 0.3 is 0 Å². The molecule has 0 spiro atoms. The lowest BCUT2D eigenvalue weighted by Crippen LogP contribution is -2.58. The molecule has 3 aromatic rings. The molecule has 1 aliphatic heterocycles. The average molecular weight is 427 g/mol. The normalized spacial score (nSPS) is 19.5. The van der Waals surface area contributed by atoms with E-state index in [9.17, 15) is 4.79 Å². The van der Waals surface area contributed by atoms with Gasteiger partial charge in [0, 0.05) is 26.7 Å². The number of fused-ring (bicyclic) bond motifs is 1. The molecule has 2 aromatic carbocycles. The zero-order chi connectivity index (χ0) is 18.4. The van der Waals surface area contributed by atoms with Gasteiger partial charge < -0.3 is 0 Å². The van der Waals surface area contributed by atoms with Crippen molar-refractivity contribution in [1.29, 1.82) is 0 Å². The number of hydrogen-bond donors (Lipinski definition) is 1. The van der Waals surface area contributed by atoms with Crippen LogP contribution in [0.25, 0.3) is 10.9 Å². The van der Waals surface area contributed by atoms with Crippen LogP contribution in [-0.2, 0) is 4.79 Å². The minimum absolute atomic E-state index is 0.235. The van der Waals surface area contributed by atoms with Gasteiger partial charge in [0.15, 0.2) is 0 Å². The molecule has 1 fully saturated rings. The zero-order valence-corrected chi connectivity index (χ0v) is 16.1. The van der Waals surface area contributed by atoms with Crippen LogP contribution in [0.1, 0.15) is 11.6 Å². The van der Waals surface area contributed by atoms with Crippen LogP contribution in [0.4, 0.5) is 5.69 Å². The minimum Gasteiger partial charge on any atom is -0.295 e. The highest BCUT2D eigenvalue weighted by Crippen LogP contribution is 2.42. The summed E-state index contributed by atoms with van der Waals surface area (Å²) >= 11 is 24.5. The predicted molar refractivity (Wildman–Crippen MR) is 106 cm³/mol. The topological polar surface area (TPSA) is 45.2 Å². The Morgan fingerprint density at radius 2 is 1.73 bits per heavy atom. The largest absolute Gasteiger partial charge is 0.295 e. The molecule has 1 aromatic heterocycles. The third-order valence-electron chi connectivity index (χ3n) is 4.26. The highest BCUT2D eigenvalue weighted by molar-refractivity contribution is 6.36. The van der Waals surface area contributed by atoms with Crippen LogP contribution in [0.2, 0.25) is 15.1 Å². The molecule has 0 saturated carbocycles. The van der Waals surface area contributed by atoms with Gasteiger partial charge in [0.1, 0.15) is 11.4 Å². The summed E-state index contributed by atoms with van der Waals surface area (Å²) in [6, 6.07) is 11.9. The summed E-state index contributed by atoms with van der Waals surface area (Å²) in [5.41, 5.74) is 5.30. The van der Waals surface area contributed by atoms with E-state index in [2.05, 4.69) is 10.4 Å². The third kappa shape index (κ3) is 2.97. The van der Waals surface area contributed by atoms with Gasteiger partial charge in [-0.05, 0) is 42.0 Å². The van der Waals surface area contributed by atoms with Crippen molar-refractivity contribution in [3.05, 3.63) is 69.3 Å². The number of carbonyl (C=O) groups is 1. The Kier molecular flexibility index (Phi) is 4.61. The first kappa shape index (κ1) is 17.7. The van der Waals surface area contributed by atoms with Crippen molar-refractivity contribution >= 4 is 68.9 Å². The maximum atomic E-state index is 12.3. The molecular formula is C18H11Cl4N3O. The van der Waals surface area contributed by atoms with E-state index in [1.54, 1.807) is 42.6 Å². The molecule has 0 bridgehead atoms. The Labute approximate surface area is 169 Å². The van der Waals surface area contributed by atoms with E-state index in [1.807, 2.05) is 6.07 Å². The summed E-state index contributed by atoms with van der Waals surface area (Å²) in [4.78, 5) is 16.6. The molecule has 132 valence electrons. The van der Waals surface area contributed by atoms with Crippen LogP contribution < -0.4 is 5.43 Å².